The van der Waals surface area contributed by atoms with Crippen LogP contribution in [0.1, 0.15) is 0 Å². The van der Waals surface area contributed by atoms with E-state index in [0.29, 0.717) is 5.82 Å². The van der Waals surface area contributed by atoms with E-state index in [0.717, 1.165) is 44.8 Å². The van der Waals surface area contributed by atoms with Crippen molar-refractivity contribution in [2.45, 2.75) is 0 Å². The van der Waals surface area contributed by atoms with Crippen LogP contribution in [0, 0.1) is 0 Å². The van der Waals surface area contributed by atoms with Crippen molar-refractivity contribution >= 4 is 42.3 Å². The van der Waals surface area contributed by atoms with E-state index in [9.17, 15) is 0 Å². The molecule has 0 radical (unpaired) electrons. The number of rotatable bonds is 6. The molecular weight excluding hydrogens is 661 g/mol. The summed E-state index contributed by atoms with van der Waals surface area (Å²) in [6, 6.07) is 69.3. The van der Waals surface area contributed by atoms with Crippen LogP contribution in [-0.2, 0) is 0 Å². The van der Waals surface area contributed by atoms with Gasteiger partial charge in [-0.3, -0.25) is 0 Å². The molecule has 248 valence electrons. The second kappa shape index (κ2) is 13.1. The van der Waals surface area contributed by atoms with Gasteiger partial charge in [0.05, 0.1) is 11.4 Å². The smallest absolute Gasteiger partial charge is 0.160 e. The number of benzene rings is 8. The van der Waals surface area contributed by atoms with Crippen LogP contribution in [0.2, 0.25) is 0 Å². The second-order valence-corrected chi connectivity index (χ2v) is 14.4. The van der Waals surface area contributed by atoms with Crippen LogP contribution >= 0.6 is 11.3 Å². The first-order valence-corrected chi connectivity index (χ1v) is 18.7. The third-order valence-corrected chi connectivity index (χ3v) is 11.3. The molecule has 0 saturated heterocycles. The summed E-state index contributed by atoms with van der Waals surface area (Å²) in [5.74, 6) is 0.704. The zero-order valence-electron chi connectivity index (χ0n) is 28.8. The Labute approximate surface area is 312 Å². The molecule has 8 aromatic carbocycles. The first-order valence-electron chi connectivity index (χ1n) is 17.9. The molecule has 0 amide bonds. The number of hydrogen-bond acceptors (Lipinski definition) is 3. The minimum absolute atomic E-state index is 0.704. The highest BCUT2D eigenvalue weighted by molar-refractivity contribution is 7.26. The molecule has 2 aromatic heterocycles. The SMILES string of the molecule is c1ccc(-c2cc(-c3cc(-c4ccccc4)c4sc5ccccc5c4c3)cc(-c3cc(-c4cccc5ccccc45)nc(-c4ccccc4)n3)c2)cc1. The van der Waals surface area contributed by atoms with Crippen molar-refractivity contribution < 1.29 is 0 Å². The highest BCUT2D eigenvalue weighted by Gasteiger charge is 2.17. The summed E-state index contributed by atoms with van der Waals surface area (Å²) in [5, 5.41) is 4.92. The molecular formula is C50H32N2S. The molecule has 0 N–H and O–H groups in total. The Morgan fingerprint density at radius 1 is 0.321 bits per heavy atom. The van der Waals surface area contributed by atoms with E-state index in [1.165, 1.54) is 47.6 Å². The van der Waals surface area contributed by atoms with Gasteiger partial charge in [-0.05, 0) is 81.1 Å². The van der Waals surface area contributed by atoms with Gasteiger partial charge in [0.2, 0.25) is 0 Å². The van der Waals surface area contributed by atoms with Crippen molar-refractivity contribution in [3.05, 3.63) is 194 Å². The van der Waals surface area contributed by atoms with Crippen LogP contribution in [0.25, 0.3) is 98.2 Å². The van der Waals surface area contributed by atoms with E-state index in [-0.39, 0.29) is 0 Å². The van der Waals surface area contributed by atoms with E-state index in [2.05, 4.69) is 176 Å². The number of aromatic nitrogens is 2. The topological polar surface area (TPSA) is 25.8 Å². The molecule has 10 rings (SSSR count). The lowest BCUT2D eigenvalue weighted by molar-refractivity contribution is 1.18. The molecule has 3 heteroatoms. The number of fused-ring (bicyclic) bond motifs is 4. The van der Waals surface area contributed by atoms with E-state index >= 15 is 0 Å². The highest BCUT2D eigenvalue weighted by Crippen LogP contribution is 2.44. The van der Waals surface area contributed by atoms with Crippen LogP contribution in [-0.4, -0.2) is 9.97 Å². The van der Waals surface area contributed by atoms with E-state index < -0.39 is 0 Å². The summed E-state index contributed by atoms with van der Waals surface area (Å²) in [6.07, 6.45) is 0. The molecule has 0 fully saturated rings. The predicted octanol–water partition coefficient (Wildman–Crippen LogP) is 14.0. The Balaban J connectivity index is 1.24. The Bertz CT molecular complexity index is 2930. The van der Waals surface area contributed by atoms with Crippen molar-refractivity contribution in [3.8, 4) is 67.3 Å². The fourth-order valence-corrected chi connectivity index (χ4v) is 8.68. The van der Waals surface area contributed by atoms with Gasteiger partial charge >= 0.3 is 0 Å². The quantitative estimate of drug-likeness (QED) is 0.173. The Hall–Kier alpha value is -6.68. The first-order chi connectivity index (χ1) is 26.2. The van der Waals surface area contributed by atoms with Gasteiger partial charge < -0.3 is 0 Å². The third-order valence-electron chi connectivity index (χ3n) is 10.1. The molecule has 0 unspecified atom stereocenters. The largest absolute Gasteiger partial charge is 0.228 e. The maximum absolute atomic E-state index is 5.29. The summed E-state index contributed by atoms with van der Waals surface area (Å²) in [4.78, 5) is 10.5. The van der Waals surface area contributed by atoms with Crippen LogP contribution < -0.4 is 0 Å². The van der Waals surface area contributed by atoms with Gasteiger partial charge in [-0.25, -0.2) is 9.97 Å². The molecule has 0 atom stereocenters. The van der Waals surface area contributed by atoms with Gasteiger partial charge in [-0.1, -0.05) is 152 Å². The number of hydrogen-bond donors (Lipinski definition) is 0. The van der Waals surface area contributed by atoms with Crippen molar-refractivity contribution in [2.75, 3.05) is 0 Å². The molecule has 53 heavy (non-hydrogen) atoms. The van der Waals surface area contributed by atoms with Crippen molar-refractivity contribution in [1.29, 1.82) is 0 Å². The van der Waals surface area contributed by atoms with Crippen molar-refractivity contribution in [2.24, 2.45) is 0 Å². The summed E-state index contributed by atoms with van der Waals surface area (Å²) < 4.78 is 2.61. The van der Waals surface area contributed by atoms with E-state index in [1.54, 1.807) is 0 Å². The highest BCUT2D eigenvalue weighted by atomic mass is 32.1. The van der Waals surface area contributed by atoms with E-state index in [1.807, 2.05) is 29.5 Å². The Kier molecular flexibility index (Phi) is 7.71. The standard InChI is InChI=1S/C50H32N2S/c1-4-15-33(16-5-1)37-27-38(39-30-44(35-17-6-2-7-18-35)49-45(31-39)43-24-12-13-26-48(43)53-49)29-40(28-37)46-32-47(52-50(51-46)36-20-8-3-9-21-36)42-25-14-22-34-19-10-11-23-41(34)42/h1-32H. The average molecular weight is 693 g/mol. The summed E-state index contributed by atoms with van der Waals surface area (Å²) in [7, 11) is 0. The van der Waals surface area contributed by atoms with Gasteiger partial charge in [0, 0.05) is 42.4 Å². The monoisotopic (exact) mass is 692 g/mol. The van der Waals surface area contributed by atoms with E-state index in [4.69, 9.17) is 9.97 Å². The van der Waals surface area contributed by atoms with Gasteiger partial charge in [0.25, 0.3) is 0 Å². The summed E-state index contributed by atoms with van der Waals surface area (Å²) in [6.45, 7) is 0. The minimum atomic E-state index is 0.704. The van der Waals surface area contributed by atoms with Gasteiger partial charge in [-0.15, -0.1) is 11.3 Å². The zero-order chi connectivity index (χ0) is 35.1. The lowest BCUT2D eigenvalue weighted by Crippen LogP contribution is -1.97. The van der Waals surface area contributed by atoms with Gasteiger partial charge in [0.1, 0.15) is 0 Å². The molecule has 0 aliphatic heterocycles. The Morgan fingerprint density at radius 2 is 0.887 bits per heavy atom. The summed E-state index contributed by atoms with van der Waals surface area (Å²) >= 11 is 1.87. The van der Waals surface area contributed by atoms with Gasteiger partial charge in [-0.2, -0.15) is 0 Å². The van der Waals surface area contributed by atoms with Crippen LogP contribution in [0.15, 0.2) is 194 Å². The molecule has 0 spiro atoms. The third kappa shape index (κ3) is 5.78. The zero-order valence-corrected chi connectivity index (χ0v) is 29.6. The lowest BCUT2D eigenvalue weighted by Gasteiger charge is -2.15. The van der Waals surface area contributed by atoms with Crippen LogP contribution in [0.3, 0.4) is 0 Å². The maximum atomic E-state index is 5.29. The molecule has 0 saturated carbocycles. The minimum Gasteiger partial charge on any atom is -0.228 e. The Morgan fingerprint density at radius 3 is 1.66 bits per heavy atom. The number of nitrogens with zero attached hydrogens (tertiary/aromatic N) is 2. The summed E-state index contributed by atoms with van der Waals surface area (Å²) in [5.41, 5.74) is 12.0. The fourth-order valence-electron chi connectivity index (χ4n) is 7.46. The molecule has 0 bridgehead atoms. The number of thiophene rings is 1. The normalized spacial score (nSPS) is 11.4. The van der Waals surface area contributed by atoms with Crippen LogP contribution in [0.5, 0.6) is 0 Å². The average Bonchev–Trinajstić information content (AvgIpc) is 3.62. The molecule has 2 heterocycles. The van der Waals surface area contributed by atoms with Crippen LogP contribution in [0.4, 0.5) is 0 Å². The molecule has 0 aliphatic rings. The fraction of sp³-hybridized carbons (Fsp3) is 0. The maximum Gasteiger partial charge on any atom is 0.160 e. The lowest BCUT2D eigenvalue weighted by atomic mass is 9.91. The predicted molar refractivity (Wildman–Crippen MR) is 225 cm³/mol. The molecule has 0 aliphatic carbocycles. The molecule has 2 nitrogen and oxygen atoms in total. The molecule has 10 aromatic rings. The van der Waals surface area contributed by atoms with Crippen molar-refractivity contribution in [1.82, 2.24) is 9.97 Å². The second-order valence-electron chi connectivity index (χ2n) is 13.4. The van der Waals surface area contributed by atoms with Crippen molar-refractivity contribution in [3.63, 3.8) is 0 Å². The first kappa shape index (κ1) is 31.1. The van der Waals surface area contributed by atoms with Gasteiger partial charge in [0.15, 0.2) is 5.82 Å².